The van der Waals surface area contributed by atoms with Crippen molar-refractivity contribution in [2.45, 2.75) is 0 Å². The number of hydrogen-bond donors (Lipinski definition) is 1. The van der Waals surface area contributed by atoms with Gasteiger partial charge in [0.05, 0.1) is 5.56 Å². The Morgan fingerprint density at radius 3 is 1.42 bits per heavy atom. The first-order valence-corrected chi connectivity index (χ1v) is 11.4. The summed E-state index contributed by atoms with van der Waals surface area (Å²) in [4.78, 5) is 15.6. The first-order valence-electron chi connectivity index (χ1n) is 10.6. The molecule has 1 N–H and O–H groups in total. The number of aromatic carboxylic acids is 1. The van der Waals surface area contributed by atoms with Gasteiger partial charge in [0.1, 0.15) is 0 Å². The Balaban J connectivity index is 1.44. The molecule has 0 bridgehead atoms. The number of nitrogens with zero attached hydrogens (tertiary/aromatic N) is 1. The summed E-state index contributed by atoms with van der Waals surface area (Å²) in [5, 5.41) is 9.11. The number of carboxylic acids is 1. The van der Waals surface area contributed by atoms with E-state index < -0.39 is 5.97 Å². The Kier molecular flexibility index (Phi) is 5.75. The van der Waals surface area contributed by atoms with Gasteiger partial charge in [-0.15, -0.1) is 11.3 Å². The SMILES string of the molecule is O=C(O)c1ccc(-c2ccc(-c3ccc(N(c4ccccc4)c4ccccc4)cc3)s2)cc1. The van der Waals surface area contributed by atoms with Crippen molar-refractivity contribution in [1.82, 2.24) is 0 Å². The highest BCUT2D eigenvalue weighted by atomic mass is 32.1. The zero-order valence-corrected chi connectivity index (χ0v) is 18.6. The summed E-state index contributed by atoms with van der Waals surface area (Å²) in [6, 6.07) is 40.5. The average Bonchev–Trinajstić information content (AvgIpc) is 3.36. The quantitative estimate of drug-likeness (QED) is 0.285. The van der Waals surface area contributed by atoms with Gasteiger partial charge in [0.2, 0.25) is 0 Å². The highest BCUT2D eigenvalue weighted by Gasteiger charge is 2.12. The van der Waals surface area contributed by atoms with E-state index in [0.717, 1.165) is 33.1 Å². The van der Waals surface area contributed by atoms with Crippen molar-refractivity contribution in [3.63, 3.8) is 0 Å². The van der Waals surface area contributed by atoms with Gasteiger partial charge < -0.3 is 10.0 Å². The molecule has 0 unspecified atom stereocenters. The Hall–Kier alpha value is -4.15. The van der Waals surface area contributed by atoms with E-state index in [4.69, 9.17) is 5.11 Å². The molecule has 4 heteroatoms. The van der Waals surface area contributed by atoms with Gasteiger partial charge >= 0.3 is 5.97 Å². The predicted octanol–water partition coefficient (Wildman–Crippen LogP) is 8.25. The summed E-state index contributed by atoms with van der Waals surface area (Å²) in [7, 11) is 0. The molecule has 0 aliphatic heterocycles. The molecule has 160 valence electrons. The molecule has 0 radical (unpaired) electrons. The van der Waals surface area contributed by atoms with E-state index in [9.17, 15) is 4.79 Å². The molecule has 1 aromatic heterocycles. The van der Waals surface area contributed by atoms with E-state index in [2.05, 4.69) is 89.8 Å². The van der Waals surface area contributed by atoms with Crippen molar-refractivity contribution < 1.29 is 9.90 Å². The standard InChI is InChI=1S/C29H21NO2S/c31-29(32)23-13-11-21(12-14-23)27-19-20-28(33-27)22-15-17-26(18-16-22)30(24-7-3-1-4-8-24)25-9-5-2-6-10-25/h1-20H,(H,31,32). The summed E-state index contributed by atoms with van der Waals surface area (Å²) in [6.07, 6.45) is 0. The van der Waals surface area contributed by atoms with Crippen molar-refractivity contribution in [2.75, 3.05) is 4.90 Å². The highest BCUT2D eigenvalue weighted by molar-refractivity contribution is 7.18. The minimum absolute atomic E-state index is 0.299. The van der Waals surface area contributed by atoms with Crippen LogP contribution < -0.4 is 4.90 Å². The van der Waals surface area contributed by atoms with Crippen LogP contribution in [0.3, 0.4) is 0 Å². The summed E-state index contributed by atoms with van der Waals surface area (Å²) in [5.41, 5.74) is 5.79. The molecular weight excluding hydrogens is 426 g/mol. The maximum Gasteiger partial charge on any atom is 0.335 e. The largest absolute Gasteiger partial charge is 0.478 e. The van der Waals surface area contributed by atoms with Gasteiger partial charge in [-0.25, -0.2) is 4.79 Å². The van der Waals surface area contributed by atoms with E-state index in [0.29, 0.717) is 5.56 Å². The zero-order valence-electron chi connectivity index (χ0n) is 17.8. The molecule has 1 heterocycles. The van der Waals surface area contributed by atoms with Crippen LogP contribution in [0.15, 0.2) is 121 Å². The van der Waals surface area contributed by atoms with Crippen LogP contribution in [0, 0.1) is 0 Å². The smallest absolute Gasteiger partial charge is 0.335 e. The Morgan fingerprint density at radius 1 is 0.545 bits per heavy atom. The van der Waals surface area contributed by atoms with Crippen LogP contribution in [-0.2, 0) is 0 Å². The molecule has 0 fully saturated rings. The van der Waals surface area contributed by atoms with E-state index >= 15 is 0 Å². The van der Waals surface area contributed by atoms with Gasteiger partial charge in [-0.2, -0.15) is 0 Å². The van der Waals surface area contributed by atoms with Crippen molar-refractivity contribution in [3.05, 3.63) is 127 Å². The van der Waals surface area contributed by atoms with Crippen LogP contribution in [0.4, 0.5) is 17.1 Å². The van der Waals surface area contributed by atoms with Gasteiger partial charge in [-0.3, -0.25) is 0 Å². The lowest BCUT2D eigenvalue weighted by atomic mass is 10.1. The lowest BCUT2D eigenvalue weighted by molar-refractivity contribution is 0.0697. The Labute approximate surface area is 196 Å². The summed E-state index contributed by atoms with van der Waals surface area (Å²) < 4.78 is 0. The van der Waals surface area contributed by atoms with Crippen molar-refractivity contribution in [1.29, 1.82) is 0 Å². The highest BCUT2D eigenvalue weighted by Crippen LogP contribution is 2.38. The maximum absolute atomic E-state index is 11.1. The number of carbonyl (C=O) groups is 1. The number of hydrogen-bond acceptors (Lipinski definition) is 3. The first kappa shape index (κ1) is 20.7. The second kappa shape index (κ2) is 9.15. The molecule has 0 saturated heterocycles. The van der Waals surface area contributed by atoms with E-state index in [1.807, 2.05) is 24.3 Å². The van der Waals surface area contributed by atoms with Gasteiger partial charge in [0, 0.05) is 26.8 Å². The molecule has 33 heavy (non-hydrogen) atoms. The number of thiophene rings is 1. The molecule has 5 rings (SSSR count). The first-order chi connectivity index (χ1) is 16.2. The zero-order chi connectivity index (χ0) is 22.6. The van der Waals surface area contributed by atoms with Gasteiger partial charge in [0.25, 0.3) is 0 Å². The van der Waals surface area contributed by atoms with Crippen LogP contribution in [0.1, 0.15) is 10.4 Å². The third kappa shape index (κ3) is 4.43. The fourth-order valence-electron chi connectivity index (χ4n) is 3.80. The van der Waals surface area contributed by atoms with Crippen LogP contribution >= 0.6 is 11.3 Å². The summed E-state index contributed by atoms with van der Waals surface area (Å²) in [6.45, 7) is 0. The normalized spacial score (nSPS) is 10.7. The average molecular weight is 448 g/mol. The topological polar surface area (TPSA) is 40.5 Å². The van der Waals surface area contributed by atoms with E-state index in [1.165, 1.54) is 4.88 Å². The number of anilines is 3. The number of rotatable bonds is 6. The van der Waals surface area contributed by atoms with Crippen LogP contribution in [0.5, 0.6) is 0 Å². The molecule has 3 nitrogen and oxygen atoms in total. The number of para-hydroxylation sites is 2. The lowest BCUT2D eigenvalue weighted by Crippen LogP contribution is -2.09. The van der Waals surface area contributed by atoms with Gasteiger partial charge in [-0.05, 0) is 71.8 Å². The molecule has 5 aromatic rings. The molecule has 0 aliphatic carbocycles. The number of benzene rings is 4. The fraction of sp³-hybridized carbons (Fsp3) is 0. The summed E-state index contributed by atoms with van der Waals surface area (Å²) in [5.74, 6) is -0.909. The minimum Gasteiger partial charge on any atom is -0.478 e. The third-order valence-electron chi connectivity index (χ3n) is 5.46. The van der Waals surface area contributed by atoms with Crippen LogP contribution in [-0.4, -0.2) is 11.1 Å². The Morgan fingerprint density at radius 2 is 0.970 bits per heavy atom. The van der Waals surface area contributed by atoms with Crippen molar-refractivity contribution >= 4 is 34.4 Å². The minimum atomic E-state index is -0.909. The predicted molar refractivity (Wildman–Crippen MR) is 137 cm³/mol. The van der Waals surface area contributed by atoms with E-state index in [1.54, 1.807) is 23.5 Å². The molecule has 0 saturated carbocycles. The van der Waals surface area contributed by atoms with Gasteiger partial charge in [-0.1, -0.05) is 60.7 Å². The fourth-order valence-corrected chi connectivity index (χ4v) is 4.82. The monoisotopic (exact) mass is 447 g/mol. The van der Waals surface area contributed by atoms with Crippen molar-refractivity contribution in [3.8, 4) is 20.9 Å². The molecule has 4 aromatic carbocycles. The maximum atomic E-state index is 11.1. The van der Waals surface area contributed by atoms with Crippen molar-refractivity contribution in [2.24, 2.45) is 0 Å². The van der Waals surface area contributed by atoms with E-state index in [-0.39, 0.29) is 0 Å². The number of carboxylic acid groups (broad SMARTS) is 1. The second-order valence-electron chi connectivity index (χ2n) is 7.60. The third-order valence-corrected chi connectivity index (χ3v) is 6.64. The van der Waals surface area contributed by atoms with Crippen LogP contribution in [0.2, 0.25) is 0 Å². The molecule has 0 spiro atoms. The van der Waals surface area contributed by atoms with Crippen LogP contribution in [0.25, 0.3) is 20.9 Å². The molecule has 0 atom stereocenters. The second-order valence-corrected chi connectivity index (χ2v) is 8.68. The lowest BCUT2D eigenvalue weighted by Gasteiger charge is -2.25. The van der Waals surface area contributed by atoms with Gasteiger partial charge in [0.15, 0.2) is 0 Å². The Bertz CT molecular complexity index is 1320. The molecular formula is C29H21NO2S. The molecule has 0 amide bonds. The summed E-state index contributed by atoms with van der Waals surface area (Å²) >= 11 is 1.70. The molecule has 0 aliphatic rings.